The number of carbonyl (C=O) groups is 2. The molecular formula is C29H37N3O2. The summed E-state index contributed by atoms with van der Waals surface area (Å²) in [5.41, 5.74) is 3.87. The lowest BCUT2D eigenvalue weighted by Crippen LogP contribution is -2.44. The maximum atomic E-state index is 13.4. The molecule has 5 heteroatoms. The standard InChI is InChI=1S/C29H37N3O2/c1-5-6-19-31(21-27-13-10-18-30(27)4)28(33)22-32(20-23(2)3)29(34)26-16-14-25(15-17-26)24-11-8-7-9-12-24/h7-18,23H,5-6,19-22H2,1-4H3. The molecule has 0 aliphatic rings. The molecule has 1 aromatic heterocycles. The van der Waals surface area contributed by atoms with E-state index in [-0.39, 0.29) is 24.3 Å². The third-order valence-electron chi connectivity index (χ3n) is 5.98. The van der Waals surface area contributed by atoms with Gasteiger partial charge in [-0.25, -0.2) is 0 Å². The quantitative estimate of drug-likeness (QED) is 0.374. The Morgan fingerprint density at radius 3 is 2.15 bits per heavy atom. The summed E-state index contributed by atoms with van der Waals surface area (Å²) >= 11 is 0. The van der Waals surface area contributed by atoms with Gasteiger partial charge in [-0.05, 0) is 47.7 Å². The summed E-state index contributed by atoms with van der Waals surface area (Å²) in [7, 11) is 1.99. The Balaban J connectivity index is 1.76. The van der Waals surface area contributed by atoms with Crippen LogP contribution in [0.4, 0.5) is 0 Å². The molecule has 0 saturated heterocycles. The zero-order valence-corrected chi connectivity index (χ0v) is 20.9. The highest BCUT2D eigenvalue weighted by molar-refractivity contribution is 5.97. The summed E-state index contributed by atoms with van der Waals surface area (Å²) in [5.74, 6) is 0.151. The molecule has 3 aromatic rings. The van der Waals surface area contributed by atoms with E-state index in [1.807, 2.05) is 77.3 Å². The third kappa shape index (κ3) is 6.83. The van der Waals surface area contributed by atoms with Crippen molar-refractivity contribution in [1.29, 1.82) is 0 Å². The number of benzene rings is 2. The number of hydrogen-bond acceptors (Lipinski definition) is 2. The number of unbranched alkanes of at least 4 members (excludes halogenated alkanes) is 1. The number of carbonyl (C=O) groups excluding carboxylic acids is 2. The number of hydrogen-bond donors (Lipinski definition) is 0. The van der Waals surface area contributed by atoms with Crippen molar-refractivity contribution in [3.8, 4) is 11.1 Å². The second kappa shape index (κ2) is 12.2. The van der Waals surface area contributed by atoms with E-state index in [1.165, 1.54) is 0 Å². The van der Waals surface area contributed by atoms with Crippen LogP contribution in [-0.4, -0.2) is 45.8 Å². The van der Waals surface area contributed by atoms with E-state index < -0.39 is 0 Å². The summed E-state index contributed by atoms with van der Waals surface area (Å²) < 4.78 is 2.04. The van der Waals surface area contributed by atoms with Gasteiger partial charge in [-0.2, -0.15) is 0 Å². The number of rotatable bonds is 11. The normalized spacial score (nSPS) is 11.0. The smallest absolute Gasteiger partial charge is 0.254 e. The molecule has 2 amide bonds. The number of aromatic nitrogens is 1. The highest BCUT2D eigenvalue weighted by Crippen LogP contribution is 2.20. The van der Waals surface area contributed by atoms with Gasteiger partial charge in [-0.1, -0.05) is 69.7 Å². The molecule has 0 atom stereocenters. The predicted molar refractivity (Wildman–Crippen MR) is 138 cm³/mol. The fourth-order valence-electron chi connectivity index (χ4n) is 4.04. The van der Waals surface area contributed by atoms with Crippen molar-refractivity contribution in [2.45, 2.75) is 40.2 Å². The third-order valence-corrected chi connectivity index (χ3v) is 5.98. The second-order valence-corrected chi connectivity index (χ2v) is 9.30. The van der Waals surface area contributed by atoms with Crippen LogP contribution in [0.1, 0.15) is 49.7 Å². The van der Waals surface area contributed by atoms with Crippen LogP contribution >= 0.6 is 0 Å². The lowest BCUT2D eigenvalue weighted by atomic mass is 10.0. The molecule has 34 heavy (non-hydrogen) atoms. The Bertz CT molecular complexity index is 1050. The van der Waals surface area contributed by atoms with Gasteiger partial charge in [0.15, 0.2) is 0 Å². The van der Waals surface area contributed by atoms with Gasteiger partial charge in [-0.15, -0.1) is 0 Å². The zero-order valence-electron chi connectivity index (χ0n) is 20.9. The Morgan fingerprint density at radius 2 is 1.56 bits per heavy atom. The Kier molecular flexibility index (Phi) is 9.08. The Hall–Kier alpha value is -3.34. The van der Waals surface area contributed by atoms with Crippen molar-refractivity contribution in [2.24, 2.45) is 13.0 Å². The van der Waals surface area contributed by atoms with Gasteiger partial charge in [0.2, 0.25) is 5.91 Å². The van der Waals surface area contributed by atoms with Crippen LogP contribution in [-0.2, 0) is 18.4 Å². The molecule has 0 aliphatic heterocycles. The van der Waals surface area contributed by atoms with Gasteiger partial charge >= 0.3 is 0 Å². The van der Waals surface area contributed by atoms with Crippen molar-refractivity contribution in [1.82, 2.24) is 14.4 Å². The number of nitrogens with zero attached hydrogens (tertiary/aromatic N) is 3. The zero-order chi connectivity index (χ0) is 24.5. The minimum Gasteiger partial charge on any atom is -0.353 e. The summed E-state index contributed by atoms with van der Waals surface area (Å²) in [6.45, 7) is 8.14. The minimum atomic E-state index is -0.101. The Morgan fingerprint density at radius 1 is 0.882 bits per heavy atom. The first-order valence-corrected chi connectivity index (χ1v) is 12.2. The summed E-state index contributed by atoms with van der Waals surface area (Å²) in [5, 5.41) is 0. The van der Waals surface area contributed by atoms with Crippen molar-refractivity contribution < 1.29 is 9.59 Å². The molecule has 0 N–H and O–H groups in total. The van der Waals surface area contributed by atoms with Gasteiger partial charge < -0.3 is 14.4 Å². The van der Waals surface area contributed by atoms with Crippen LogP contribution in [0.5, 0.6) is 0 Å². The van der Waals surface area contributed by atoms with Crippen LogP contribution in [0, 0.1) is 5.92 Å². The van der Waals surface area contributed by atoms with Gasteiger partial charge in [0.25, 0.3) is 5.91 Å². The largest absolute Gasteiger partial charge is 0.353 e. The monoisotopic (exact) mass is 459 g/mol. The van der Waals surface area contributed by atoms with E-state index in [1.54, 1.807) is 4.90 Å². The molecule has 5 nitrogen and oxygen atoms in total. The van der Waals surface area contributed by atoms with Crippen LogP contribution in [0.3, 0.4) is 0 Å². The molecule has 0 aliphatic carbocycles. The van der Waals surface area contributed by atoms with E-state index in [0.717, 1.165) is 29.7 Å². The van der Waals surface area contributed by atoms with Gasteiger partial charge in [0.1, 0.15) is 6.54 Å². The van der Waals surface area contributed by atoms with Crippen LogP contribution in [0.15, 0.2) is 72.9 Å². The first kappa shape index (κ1) is 25.3. The fraction of sp³-hybridized carbons (Fsp3) is 0.379. The van der Waals surface area contributed by atoms with Gasteiger partial charge in [-0.3, -0.25) is 9.59 Å². The predicted octanol–water partition coefficient (Wildman–Crippen LogP) is 5.62. The maximum absolute atomic E-state index is 13.4. The molecule has 0 unspecified atom stereocenters. The summed E-state index contributed by atoms with van der Waals surface area (Å²) in [6, 6.07) is 21.8. The molecular weight excluding hydrogens is 422 g/mol. The van der Waals surface area contributed by atoms with Crippen LogP contribution in [0.25, 0.3) is 11.1 Å². The Labute approximate surface area is 204 Å². The van der Waals surface area contributed by atoms with Crippen LogP contribution < -0.4 is 0 Å². The molecule has 2 aromatic carbocycles. The second-order valence-electron chi connectivity index (χ2n) is 9.30. The molecule has 0 spiro atoms. The molecule has 0 bridgehead atoms. The lowest BCUT2D eigenvalue weighted by molar-refractivity contribution is -0.132. The fourth-order valence-corrected chi connectivity index (χ4v) is 4.04. The summed E-state index contributed by atoms with van der Waals surface area (Å²) in [6.07, 6.45) is 3.94. The van der Waals surface area contributed by atoms with E-state index in [0.29, 0.717) is 25.2 Å². The van der Waals surface area contributed by atoms with Crippen molar-refractivity contribution in [3.05, 3.63) is 84.2 Å². The number of aryl methyl sites for hydroxylation is 1. The molecule has 3 rings (SSSR count). The minimum absolute atomic E-state index is 0.00967. The van der Waals surface area contributed by atoms with Crippen molar-refractivity contribution >= 4 is 11.8 Å². The topological polar surface area (TPSA) is 45.6 Å². The summed E-state index contributed by atoms with van der Waals surface area (Å²) in [4.78, 5) is 30.4. The molecule has 0 fully saturated rings. The molecule has 0 saturated carbocycles. The molecule has 0 radical (unpaired) electrons. The highest BCUT2D eigenvalue weighted by Gasteiger charge is 2.23. The highest BCUT2D eigenvalue weighted by atomic mass is 16.2. The van der Waals surface area contributed by atoms with E-state index in [4.69, 9.17) is 0 Å². The first-order chi connectivity index (χ1) is 16.4. The van der Waals surface area contributed by atoms with Crippen LogP contribution in [0.2, 0.25) is 0 Å². The average Bonchev–Trinajstić information content (AvgIpc) is 3.25. The maximum Gasteiger partial charge on any atom is 0.254 e. The molecule has 180 valence electrons. The van der Waals surface area contributed by atoms with E-state index in [2.05, 4.69) is 32.9 Å². The van der Waals surface area contributed by atoms with Crippen molar-refractivity contribution in [3.63, 3.8) is 0 Å². The molecule has 1 heterocycles. The lowest BCUT2D eigenvalue weighted by Gasteiger charge is -2.29. The average molecular weight is 460 g/mol. The number of amides is 2. The van der Waals surface area contributed by atoms with E-state index >= 15 is 0 Å². The van der Waals surface area contributed by atoms with Gasteiger partial charge in [0, 0.05) is 37.6 Å². The van der Waals surface area contributed by atoms with Gasteiger partial charge in [0.05, 0.1) is 6.54 Å². The van der Waals surface area contributed by atoms with E-state index in [9.17, 15) is 9.59 Å². The SMILES string of the molecule is CCCCN(Cc1cccn1C)C(=O)CN(CC(C)C)C(=O)c1ccc(-c2ccccc2)cc1. The first-order valence-electron chi connectivity index (χ1n) is 12.2. The van der Waals surface area contributed by atoms with Crippen molar-refractivity contribution in [2.75, 3.05) is 19.6 Å².